The van der Waals surface area contributed by atoms with Gasteiger partial charge in [-0.15, -0.1) is 0 Å². The van der Waals surface area contributed by atoms with E-state index in [0.29, 0.717) is 12.2 Å². The van der Waals surface area contributed by atoms with E-state index >= 15 is 0 Å². The molecule has 0 rings (SSSR count). The lowest BCUT2D eigenvalue weighted by molar-refractivity contribution is -0.121. The fourth-order valence-electron chi connectivity index (χ4n) is 0.834. The van der Waals surface area contributed by atoms with Crippen molar-refractivity contribution in [1.29, 1.82) is 0 Å². The largest absolute Gasteiger partial charge is 0.394 e. The zero-order valence-corrected chi connectivity index (χ0v) is 8.92. The van der Waals surface area contributed by atoms with E-state index in [1.54, 1.807) is 11.8 Å². The number of nitrogens with two attached hydrogens (primary N) is 1. The maximum atomic E-state index is 10.7. The highest BCUT2D eigenvalue weighted by molar-refractivity contribution is 7.99. The molecule has 5 nitrogen and oxygen atoms in total. The fraction of sp³-hybridized carbons (Fsp3) is 0.875. The minimum Gasteiger partial charge on any atom is -0.394 e. The molecule has 0 aromatic rings. The summed E-state index contributed by atoms with van der Waals surface area (Å²) in [6, 6.07) is 0. The summed E-state index contributed by atoms with van der Waals surface area (Å²) in [6.07, 6.45) is 1.52. The molecule has 14 heavy (non-hydrogen) atoms. The number of hydrazine groups is 1. The van der Waals surface area contributed by atoms with Gasteiger partial charge in [-0.1, -0.05) is 0 Å². The first-order valence-electron chi connectivity index (χ1n) is 4.56. The van der Waals surface area contributed by atoms with Gasteiger partial charge < -0.3 is 10.2 Å². The van der Waals surface area contributed by atoms with E-state index in [2.05, 4.69) is 5.43 Å². The number of unbranched alkanes of at least 4 members (excludes halogenated alkanes) is 1. The second-order valence-electron chi connectivity index (χ2n) is 2.94. The predicted octanol–water partition coefficient (Wildman–Crippen LogP) is -0.767. The molecule has 0 aromatic carbocycles. The van der Waals surface area contributed by atoms with Crippen molar-refractivity contribution in [1.82, 2.24) is 5.43 Å². The molecule has 0 saturated carbocycles. The van der Waals surface area contributed by atoms with Gasteiger partial charge in [0.15, 0.2) is 0 Å². The van der Waals surface area contributed by atoms with Crippen LogP contribution in [0.5, 0.6) is 0 Å². The van der Waals surface area contributed by atoms with Gasteiger partial charge in [0, 0.05) is 12.2 Å². The number of hydrogen-bond acceptors (Lipinski definition) is 5. The highest BCUT2D eigenvalue weighted by Crippen LogP contribution is 2.07. The molecular formula is C8H18N2O3S. The zero-order chi connectivity index (χ0) is 10.8. The molecule has 0 radical (unpaired) electrons. The summed E-state index contributed by atoms with van der Waals surface area (Å²) in [5, 5.41) is 17.5. The summed E-state index contributed by atoms with van der Waals surface area (Å²) in [6.45, 7) is -0.192. The highest BCUT2D eigenvalue weighted by atomic mass is 32.2. The van der Waals surface area contributed by atoms with Crippen LogP contribution in [0.25, 0.3) is 0 Å². The Morgan fingerprint density at radius 3 is 2.79 bits per heavy atom. The first-order chi connectivity index (χ1) is 6.70. The van der Waals surface area contributed by atoms with Gasteiger partial charge in [0.05, 0.1) is 12.7 Å². The molecule has 84 valence electrons. The van der Waals surface area contributed by atoms with Crippen molar-refractivity contribution in [2.24, 2.45) is 5.84 Å². The van der Waals surface area contributed by atoms with Gasteiger partial charge in [-0.05, 0) is 18.6 Å². The molecule has 0 spiro atoms. The first kappa shape index (κ1) is 13.7. The second kappa shape index (κ2) is 9.26. The molecule has 0 saturated heterocycles. The minimum absolute atomic E-state index is 0.148. The molecule has 6 heteroatoms. The number of rotatable bonds is 8. The Morgan fingerprint density at radius 1 is 1.50 bits per heavy atom. The first-order valence-corrected chi connectivity index (χ1v) is 5.72. The van der Waals surface area contributed by atoms with Gasteiger partial charge in [0.25, 0.3) is 0 Å². The van der Waals surface area contributed by atoms with E-state index in [9.17, 15) is 4.79 Å². The van der Waals surface area contributed by atoms with Crippen LogP contribution in [0, 0.1) is 0 Å². The molecule has 1 atom stereocenters. The summed E-state index contributed by atoms with van der Waals surface area (Å²) >= 11 is 1.57. The van der Waals surface area contributed by atoms with Crippen LogP contribution < -0.4 is 11.3 Å². The maximum absolute atomic E-state index is 10.7. The summed E-state index contributed by atoms with van der Waals surface area (Å²) in [7, 11) is 0. The molecule has 1 unspecified atom stereocenters. The Balaban J connectivity index is 3.10. The van der Waals surface area contributed by atoms with E-state index in [4.69, 9.17) is 16.1 Å². The number of carbonyl (C=O) groups excluding carboxylic acids is 1. The summed E-state index contributed by atoms with van der Waals surface area (Å²) < 4.78 is 0. The fourth-order valence-corrected chi connectivity index (χ4v) is 1.79. The van der Waals surface area contributed by atoms with E-state index in [-0.39, 0.29) is 12.5 Å². The average molecular weight is 222 g/mol. The molecule has 0 heterocycles. The van der Waals surface area contributed by atoms with E-state index < -0.39 is 6.10 Å². The Labute approximate surface area is 88.0 Å². The lowest BCUT2D eigenvalue weighted by atomic mass is 10.2. The van der Waals surface area contributed by atoms with Crippen LogP contribution in [0.1, 0.15) is 19.3 Å². The molecule has 0 fully saturated rings. The van der Waals surface area contributed by atoms with Gasteiger partial charge in [0.1, 0.15) is 0 Å². The highest BCUT2D eigenvalue weighted by Gasteiger charge is 2.01. The quantitative estimate of drug-likeness (QED) is 0.187. The second-order valence-corrected chi connectivity index (χ2v) is 4.09. The topological polar surface area (TPSA) is 95.6 Å². The molecule has 0 aliphatic rings. The number of carbonyl (C=O) groups is 1. The van der Waals surface area contributed by atoms with E-state index in [1.807, 2.05) is 0 Å². The van der Waals surface area contributed by atoms with Gasteiger partial charge in [-0.25, -0.2) is 5.84 Å². The zero-order valence-electron chi connectivity index (χ0n) is 8.11. The van der Waals surface area contributed by atoms with Crippen molar-refractivity contribution in [3.05, 3.63) is 0 Å². The average Bonchev–Trinajstić information content (AvgIpc) is 2.22. The van der Waals surface area contributed by atoms with Crippen molar-refractivity contribution in [3.8, 4) is 0 Å². The van der Waals surface area contributed by atoms with Crippen molar-refractivity contribution >= 4 is 17.7 Å². The van der Waals surface area contributed by atoms with E-state index in [0.717, 1.165) is 18.6 Å². The van der Waals surface area contributed by atoms with Gasteiger partial charge >= 0.3 is 0 Å². The number of hydrogen-bond donors (Lipinski definition) is 4. The van der Waals surface area contributed by atoms with Crippen LogP contribution in [0.4, 0.5) is 0 Å². The summed E-state index contributed by atoms with van der Waals surface area (Å²) in [5.41, 5.74) is 2.06. The van der Waals surface area contributed by atoms with Crippen molar-refractivity contribution in [2.75, 3.05) is 18.1 Å². The van der Waals surface area contributed by atoms with Crippen LogP contribution in [-0.4, -0.2) is 40.3 Å². The molecule has 0 bridgehead atoms. The normalized spacial score (nSPS) is 12.5. The van der Waals surface area contributed by atoms with Gasteiger partial charge in [0.2, 0.25) is 5.91 Å². The van der Waals surface area contributed by atoms with Gasteiger partial charge in [-0.2, -0.15) is 11.8 Å². The molecule has 0 aliphatic heterocycles. The maximum Gasteiger partial charge on any atom is 0.233 e. The number of nitrogens with one attached hydrogen (secondary N) is 1. The van der Waals surface area contributed by atoms with Crippen molar-refractivity contribution in [3.63, 3.8) is 0 Å². The summed E-state index contributed by atoms with van der Waals surface area (Å²) in [5.74, 6) is 6.18. The number of aliphatic hydroxyl groups excluding tert-OH is 2. The van der Waals surface area contributed by atoms with Crippen LogP contribution in [0.15, 0.2) is 0 Å². The monoisotopic (exact) mass is 222 g/mol. The smallest absolute Gasteiger partial charge is 0.233 e. The number of amides is 1. The van der Waals surface area contributed by atoms with Crippen LogP contribution in [-0.2, 0) is 4.79 Å². The Morgan fingerprint density at radius 2 is 2.21 bits per heavy atom. The lowest BCUT2D eigenvalue weighted by Gasteiger charge is -2.05. The molecule has 0 aliphatic carbocycles. The third-order valence-electron chi connectivity index (χ3n) is 1.62. The van der Waals surface area contributed by atoms with E-state index in [1.165, 1.54) is 0 Å². The minimum atomic E-state index is -0.632. The molecule has 5 N–H and O–H groups in total. The van der Waals surface area contributed by atoms with Crippen molar-refractivity contribution < 1.29 is 15.0 Å². The van der Waals surface area contributed by atoms with Crippen LogP contribution >= 0.6 is 11.8 Å². The Hall–Kier alpha value is -0.300. The van der Waals surface area contributed by atoms with Gasteiger partial charge in [-0.3, -0.25) is 10.2 Å². The third-order valence-corrected chi connectivity index (χ3v) is 2.82. The summed E-state index contributed by atoms with van der Waals surface area (Å²) in [4.78, 5) is 10.7. The SMILES string of the molecule is NNC(=O)CCCCSCC(O)CO. The standard InChI is InChI=1S/C8H18N2O3S/c9-10-8(13)3-1-2-4-14-6-7(12)5-11/h7,11-12H,1-6,9H2,(H,10,13). The van der Waals surface area contributed by atoms with Crippen LogP contribution in [0.3, 0.4) is 0 Å². The third kappa shape index (κ3) is 8.31. The number of aliphatic hydroxyl groups is 2. The Kier molecular flexibility index (Phi) is 9.06. The van der Waals surface area contributed by atoms with Crippen molar-refractivity contribution in [2.45, 2.75) is 25.4 Å². The predicted molar refractivity (Wildman–Crippen MR) is 56.6 cm³/mol. The number of thioether (sulfide) groups is 1. The molecule has 1 amide bonds. The molecule has 0 aromatic heterocycles. The lowest BCUT2D eigenvalue weighted by Crippen LogP contribution is -2.29. The van der Waals surface area contributed by atoms with Crippen LogP contribution in [0.2, 0.25) is 0 Å². The Bertz CT molecular complexity index is 158. The molecular weight excluding hydrogens is 204 g/mol.